The minimum Gasteiger partial charge on any atom is -0.480 e. The quantitative estimate of drug-likeness (QED) is 0.0168. The van der Waals surface area contributed by atoms with E-state index in [4.69, 9.17) is 22.9 Å². The molecule has 26 heteroatoms. The van der Waals surface area contributed by atoms with Crippen LogP contribution in [0.3, 0.4) is 0 Å². The molecule has 18 N–H and O–H groups in total. The van der Waals surface area contributed by atoms with E-state index in [1.54, 1.807) is 13.8 Å². The van der Waals surface area contributed by atoms with Crippen LogP contribution in [-0.4, -0.2) is 147 Å². The highest BCUT2D eigenvalue weighted by atomic mass is 32.1. The molecule has 0 spiro atoms. The van der Waals surface area contributed by atoms with Gasteiger partial charge in [-0.1, -0.05) is 69.2 Å². The van der Waals surface area contributed by atoms with Crippen molar-refractivity contribution < 1.29 is 48.3 Å². The van der Waals surface area contributed by atoms with Crippen LogP contribution in [0.1, 0.15) is 133 Å². The predicted octanol–water partition coefficient (Wildman–Crippen LogP) is -0.805. The fraction of sp³-hybridized carbons (Fsp3) is 0.740. The monoisotopic (exact) mass is 1090 g/mol. The number of nitrogens with zero attached hydrogens (tertiary/aromatic N) is 2. The third-order valence-corrected chi connectivity index (χ3v) is 12.3. The topological polar surface area (TPSA) is 415 Å². The van der Waals surface area contributed by atoms with Gasteiger partial charge in [0.1, 0.15) is 48.3 Å². The van der Waals surface area contributed by atoms with Gasteiger partial charge in [-0.15, -0.1) is 0 Å². The number of hydrogen-bond donors (Lipinski definition) is 15. The number of carboxylic acid groups (broad SMARTS) is 1. The Morgan fingerprint density at radius 1 is 0.553 bits per heavy atom. The highest BCUT2D eigenvalue weighted by Gasteiger charge is 2.36. The van der Waals surface area contributed by atoms with Gasteiger partial charge < -0.3 is 75.6 Å². The molecule has 0 radical (unpaired) electrons. The molecular formula is C50H91N15O10S. The highest BCUT2D eigenvalue weighted by molar-refractivity contribution is 7.80. The van der Waals surface area contributed by atoms with Crippen molar-refractivity contribution in [1.82, 2.24) is 52.5 Å². The summed E-state index contributed by atoms with van der Waals surface area (Å²) in [5, 5.41) is 31.3. The molecule has 1 rings (SSSR count). The van der Waals surface area contributed by atoms with Gasteiger partial charge in [-0.2, -0.15) is 12.6 Å². The lowest BCUT2D eigenvalue weighted by atomic mass is 9.99. The molecule has 432 valence electrons. The summed E-state index contributed by atoms with van der Waals surface area (Å²) in [6.45, 7) is 18.6. The summed E-state index contributed by atoms with van der Waals surface area (Å²) >= 11 is 4.35. The number of nitrogens with two attached hydrogens (primary N) is 4. The van der Waals surface area contributed by atoms with Crippen molar-refractivity contribution in [3.8, 4) is 0 Å². The number of aliphatic imine (C=N–C) groups is 1. The summed E-state index contributed by atoms with van der Waals surface area (Å²) in [4.78, 5) is 134. The number of guanidine groups is 1. The number of carboxylic acids is 1. The maximum atomic E-state index is 14.2. The van der Waals surface area contributed by atoms with Crippen molar-refractivity contribution >= 4 is 71.8 Å². The van der Waals surface area contributed by atoms with Crippen LogP contribution in [0.5, 0.6) is 0 Å². The zero-order chi connectivity index (χ0) is 57.8. The first-order valence-corrected chi connectivity index (χ1v) is 27.0. The van der Waals surface area contributed by atoms with Gasteiger partial charge in [0.15, 0.2) is 5.96 Å². The molecule has 8 amide bonds. The van der Waals surface area contributed by atoms with Crippen LogP contribution in [0, 0.1) is 29.6 Å². The lowest BCUT2D eigenvalue weighted by molar-refractivity contribution is -0.142. The van der Waals surface area contributed by atoms with Crippen LogP contribution in [0.4, 0.5) is 0 Å². The van der Waals surface area contributed by atoms with Crippen molar-refractivity contribution in [2.24, 2.45) is 57.5 Å². The number of aromatic amines is 1. The van der Waals surface area contributed by atoms with E-state index in [9.17, 15) is 48.3 Å². The van der Waals surface area contributed by atoms with E-state index in [0.717, 1.165) is 0 Å². The zero-order valence-electron chi connectivity index (χ0n) is 46.2. The minimum atomic E-state index is -1.37. The number of hydrogen-bond acceptors (Lipinski definition) is 14. The molecular weight excluding hydrogens is 1000 g/mol. The number of H-pyrrole nitrogens is 1. The van der Waals surface area contributed by atoms with Crippen molar-refractivity contribution in [3.05, 3.63) is 18.2 Å². The zero-order valence-corrected chi connectivity index (χ0v) is 47.1. The fourth-order valence-corrected chi connectivity index (χ4v) is 8.09. The van der Waals surface area contributed by atoms with E-state index in [2.05, 4.69) is 70.1 Å². The molecule has 0 aliphatic heterocycles. The number of carbonyl (C=O) groups excluding carboxylic acids is 8. The number of aromatic nitrogens is 2. The molecule has 0 unspecified atom stereocenters. The maximum absolute atomic E-state index is 14.2. The second-order valence-electron chi connectivity index (χ2n) is 21.3. The molecule has 25 nitrogen and oxygen atoms in total. The number of thiol groups is 1. The SMILES string of the molecule is CC(C)C[C@H](NC(=O)[C@H](Cc1cnc[nH]1)NC(=O)[C@H](CC(C)C)NC(=O)[C@H](CC(C)C)NC(=O)[C@H](CS)NC(=O)[C@H](CCCN=C(N)N)NC(=O)[C@H](CCCCN)NC(=O)[C@H](CC(C)C)NC(=O)[C@@H](N)C(C)C)C(=O)O. The maximum Gasteiger partial charge on any atom is 0.326 e. The second-order valence-corrected chi connectivity index (χ2v) is 21.7. The standard InChI is InChI=1S/C50H91N15O10S/c1-26(2)18-34(45(70)62-37(22-31-23-55-25-57-31)46(71)64-38(49(74)75)21-29(7)8)60-44(69)35(19-27(3)4)61-47(72)39(24-76)65-42(67)33(15-13-17-56-50(53)54)58-41(66)32(14-11-12-16-51)59-43(68)36(20-28(5)6)63-48(73)40(52)30(9)10/h23,25-30,32-40,76H,11-22,24,51-52H2,1-10H3,(H,55,57)(H,58,66)(H,59,68)(H,60,69)(H,61,72)(H,62,70)(H,63,73)(H,64,71)(H,65,67)(H,74,75)(H4,53,54,56)/t32-,33-,34-,35-,36-,37-,38-,39-,40-/m0/s1. The third-order valence-electron chi connectivity index (χ3n) is 11.9. The van der Waals surface area contributed by atoms with Crippen LogP contribution >= 0.6 is 12.6 Å². The Bertz CT molecular complexity index is 2030. The summed E-state index contributed by atoms with van der Waals surface area (Å²) in [5.74, 6) is -8.12. The first-order valence-electron chi connectivity index (χ1n) is 26.3. The largest absolute Gasteiger partial charge is 0.480 e. The molecule has 1 aromatic rings. The van der Waals surface area contributed by atoms with E-state index >= 15 is 0 Å². The second kappa shape index (κ2) is 35.3. The van der Waals surface area contributed by atoms with Crippen molar-refractivity contribution in [1.29, 1.82) is 0 Å². The smallest absolute Gasteiger partial charge is 0.326 e. The van der Waals surface area contributed by atoms with E-state index < -0.39 is 108 Å². The molecule has 0 aliphatic rings. The Kier molecular flexibility index (Phi) is 31.6. The molecule has 9 atom stereocenters. The number of carbonyl (C=O) groups is 9. The van der Waals surface area contributed by atoms with E-state index in [0.29, 0.717) is 25.1 Å². The molecule has 76 heavy (non-hydrogen) atoms. The average Bonchev–Trinajstić information content (AvgIpc) is 3.84. The van der Waals surface area contributed by atoms with Crippen LogP contribution in [0.25, 0.3) is 0 Å². The van der Waals surface area contributed by atoms with Gasteiger partial charge in [0.2, 0.25) is 47.3 Å². The molecule has 0 aliphatic carbocycles. The summed E-state index contributed by atoms with van der Waals surface area (Å²) < 4.78 is 0. The summed E-state index contributed by atoms with van der Waals surface area (Å²) in [6.07, 6.45) is 4.53. The van der Waals surface area contributed by atoms with Gasteiger partial charge in [0.25, 0.3) is 0 Å². The molecule has 0 saturated heterocycles. The molecule has 0 saturated carbocycles. The Hall–Kier alpha value is -6.02. The van der Waals surface area contributed by atoms with Crippen molar-refractivity contribution in [2.75, 3.05) is 18.8 Å². The number of unbranched alkanes of at least 4 members (excludes halogenated alkanes) is 1. The average molecular weight is 1090 g/mol. The Labute approximate surface area is 453 Å². The molecule has 1 aromatic heterocycles. The Morgan fingerprint density at radius 2 is 0.921 bits per heavy atom. The number of nitrogens with one attached hydrogen (secondary N) is 9. The third kappa shape index (κ3) is 26.6. The van der Waals surface area contributed by atoms with Gasteiger partial charge in [0, 0.05) is 30.6 Å². The first-order chi connectivity index (χ1) is 35.6. The van der Waals surface area contributed by atoms with E-state index in [1.807, 2.05) is 55.4 Å². The Balaban J connectivity index is 3.49. The number of imidazole rings is 1. The van der Waals surface area contributed by atoms with Crippen LogP contribution < -0.4 is 65.5 Å². The number of amides is 8. The predicted molar refractivity (Wildman–Crippen MR) is 293 cm³/mol. The summed E-state index contributed by atoms with van der Waals surface area (Å²) in [6, 6.07) is -10.8. The van der Waals surface area contributed by atoms with Gasteiger partial charge in [-0.3, -0.25) is 43.3 Å². The van der Waals surface area contributed by atoms with Crippen molar-refractivity contribution in [3.63, 3.8) is 0 Å². The minimum absolute atomic E-state index is 0.0297. The van der Waals surface area contributed by atoms with Crippen LogP contribution in [0.15, 0.2) is 17.5 Å². The van der Waals surface area contributed by atoms with Crippen LogP contribution in [0.2, 0.25) is 0 Å². The number of rotatable bonds is 37. The Morgan fingerprint density at radius 3 is 1.32 bits per heavy atom. The highest BCUT2D eigenvalue weighted by Crippen LogP contribution is 2.14. The summed E-state index contributed by atoms with van der Waals surface area (Å²) in [7, 11) is 0. The molecule has 0 aromatic carbocycles. The lowest BCUT2D eigenvalue weighted by Gasteiger charge is -2.29. The molecule has 0 bridgehead atoms. The first kappa shape index (κ1) is 68.0. The number of aliphatic carboxylic acids is 1. The van der Waals surface area contributed by atoms with Crippen LogP contribution in [-0.2, 0) is 49.6 Å². The van der Waals surface area contributed by atoms with E-state index in [-0.39, 0.29) is 99.2 Å². The van der Waals surface area contributed by atoms with Gasteiger partial charge in [-0.25, -0.2) is 9.78 Å². The van der Waals surface area contributed by atoms with Gasteiger partial charge in [-0.05, 0) is 93.9 Å². The van der Waals surface area contributed by atoms with Crippen molar-refractivity contribution in [2.45, 2.75) is 188 Å². The van der Waals surface area contributed by atoms with Gasteiger partial charge in [0.05, 0.1) is 12.4 Å². The van der Waals surface area contributed by atoms with Gasteiger partial charge >= 0.3 is 5.97 Å². The lowest BCUT2D eigenvalue weighted by Crippen LogP contribution is -2.61. The molecule has 0 fully saturated rings. The van der Waals surface area contributed by atoms with E-state index in [1.165, 1.54) is 12.5 Å². The summed E-state index contributed by atoms with van der Waals surface area (Å²) in [5.41, 5.74) is 23.4. The fourth-order valence-electron chi connectivity index (χ4n) is 7.83. The molecule has 1 heterocycles. The normalized spacial score (nSPS) is 15.0.